The van der Waals surface area contributed by atoms with E-state index in [0.29, 0.717) is 6.42 Å². The highest BCUT2D eigenvalue weighted by Gasteiger charge is 2.27. The number of hydrogen-bond acceptors (Lipinski definition) is 6. The topological polar surface area (TPSA) is 89.8 Å². The molecule has 1 aliphatic heterocycles. The summed E-state index contributed by atoms with van der Waals surface area (Å²) in [6, 6.07) is 5.80. The highest BCUT2D eigenvalue weighted by molar-refractivity contribution is 7.91. The van der Waals surface area contributed by atoms with Gasteiger partial charge in [0.15, 0.2) is 9.84 Å². The Hall–Kier alpha value is -1.96. The summed E-state index contributed by atoms with van der Waals surface area (Å²) in [4.78, 5) is 0. The fourth-order valence-electron chi connectivity index (χ4n) is 2.36. The summed E-state index contributed by atoms with van der Waals surface area (Å²) in [6.07, 6.45) is 2.18. The molecule has 2 heterocycles. The maximum Gasteiger partial charge on any atom is 0.152 e. The zero-order valence-electron chi connectivity index (χ0n) is 11.0. The molecular weight excluding hydrogens is 278 g/mol. The van der Waals surface area contributed by atoms with Gasteiger partial charge in [0.1, 0.15) is 6.33 Å². The SMILES string of the molecule is Cc1ccc(NC2CCS(=O)(=O)C2)cc1-n1cnnn1. The Bertz CT molecular complexity index is 711. The monoisotopic (exact) mass is 293 g/mol. The van der Waals surface area contributed by atoms with Crippen LogP contribution in [0.15, 0.2) is 24.5 Å². The van der Waals surface area contributed by atoms with Gasteiger partial charge in [0.05, 0.1) is 17.2 Å². The highest BCUT2D eigenvalue weighted by Crippen LogP contribution is 2.21. The predicted octanol–water partition coefficient (Wildman–Crippen LogP) is 0.570. The summed E-state index contributed by atoms with van der Waals surface area (Å²) in [6.45, 7) is 1.97. The van der Waals surface area contributed by atoms with Gasteiger partial charge in [-0.25, -0.2) is 13.1 Å². The van der Waals surface area contributed by atoms with Crippen molar-refractivity contribution in [2.24, 2.45) is 0 Å². The van der Waals surface area contributed by atoms with Crippen molar-refractivity contribution < 1.29 is 8.42 Å². The van der Waals surface area contributed by atoms with Crippen LogP contribution in [0, 0.1) is 6.92 Å². The molecule has 0 amide bonds. The maximum atomic E-state index is 11.5. The number of benzene rings is 1. The molecule has 106 valence electrons. The van der Waals surface area contributed by atoms with Crippen molar-refractivity contribution in [2.75, 3.05) is 16.8 Å². The van der Waals surface area contributed by atoms with Crippen LogP contribution >= 0.6 is 0 Å². The molecule has 20 heavy (non-hydrogen) atoms. The van der Waals surface area contributed by atoms with Crippen LogP contribution < -0.4 is 5.32 Å². The molecule has 7 nitrogen and oxygen atoms in total. The summed E-state index contributed by atoms with van der Waals surface area (Å²) < 4.78 is 24.5. The van der Waals surface area contributed by atoms with E-state index in [-0.39, 0.29) is 17.5 Å². The van der Waals surface area contributed by atoms with Crippen molar-refractivity contribution in [1.29, 1.82) is 0 Å². The van der Waals surface area contributed by atoms with Gasteiger partial charge in [0.25, 0.3) is 0 Å². The van der Waals surface area contributed by atoms with Crippen molar-refractivity contribution >= 4 is 15.5 Å². The van der Waals surface area contributed by atoms with E-state index in [2.05, 4.69) is 20.8 Å². The minimum absolute atomic E-state index is 0.0237. The summed E-state index contributed by atoms with van der Waals surface area (Å²) in [5, 5.41) is 14.4. The van der Waals surface area contributed by atoms with E-state index in [1.54, 1.807) is 4.68 Å². The smallest absolute Gasteiger partial charge is 0.152 e. The molecule has 1 N–H and O–H groups in total. The lowest BCUT2D eigenvalue weighted by atomic mass is 10.1. The van der Waals surface area contributed by atoms with Gasteiger partial charge >= 0.3 is 0 Å². The normalized spacial score (nSPS) is 20.9. The van der Waals surface area contributed by atoms with E-state index < -0.39 is 9.84 Å². The van der Waals surface area contributed by atoms with Crippen molar-refractivity contribution in [3.05, 3.63) is 30.1 Å². The zero-order valence-corrected chi connectivity index (χ0v) is 11.8. The standard InChI is InChI=1S/C12H15N5O2S/c1-9-2-3-10(6-12(9)17-8-13-15-16-17)14-11-4-5-20(18,19)7-11/h2-3,6,8,11,14H,4-5,7H2,1H3. The molecular formula is C12H15N5O2S. The van der Waals surface area contributed by atoms with E-state index in [9.17, 15) is 8.42 Å². The number of nitrogens with one attached hydrogen (secondary N) is 1. The predicted molar refractivity (Wildman–Crippen MR) is 74.6 cm³/mol. The second-order valence-corrected chi connectivity index (χ2v) is 7.23. The molecule has 1 unspecified atom stereocenters. The summed E-state index contributed by atoms with van der Waals surface area (Å²) in [5.74, 6) is 0.456. The minimum Gasteiger partial charge on any atom is -0.381 e. The third-order valence-electron chi connectivity index (χ3n) is 3.41. The number of aromatic nitrogens is 4. The molecule has 1 atom stereocenters. The molecule has 1 aromatic carbocycles. The van der Waals surface area contributed by atoms with E-state index in [1.165, 1.54) is 6.33 Å². The lowest BCUT2D eigenvalue weighted by Crippen LogP contribution is -2.20. The lowest BCUT2D eigenvalue weighted by Gasteiger charge is -2.14. The molecule has 1 saturated heterocycles. The number of tetrazole rings is 1. The molecule has 2 aromatic rings. The van der Waals surface area contributed by atoms with Crippen molar-refractivity contribution in [1.82, 2.24) is 20.2 Å². The number of aryl methyl sites for hydroxylation is 1. The Kier molecular flexibility index (Phi) is 3.17. The number of hydrogen-bond donors (Lipinski definition) is 1. The van der Waals surface area contributed by atoms with Gasteiger partial charge in [0, 0.05) is 11.7 Å². The lowest BCUT2D eigenvalue weighted by molar-refractivity contribution is 0.602. The fraction of sp³-hybridized carbons (Fsp3) is 0.417. The van der Waals surface area contributed by atoms with Crippen molar-refractivity contribution in [3.63, 3.8) is 0 Å². The third-order valence-corrected chi connectivity index (χ3v) is 5.18. The van der Waals surface area contributed by atoms with Crippen molar-refractivity contribution in [2.45, 2.75) is 19.4 Å². The van der Waals surface area contributed by atoms with Crippen LogP contribution in [-0.2, 0) is 9.84 Å². The second kappa shape index (κ2) is 4.86. The van der Waals surface area contributed by atoms with Gasteiger partial charge < -0.3 is 5.32 Å². The Morgan fingerprint density at radius 1 is 1.40 bits per heavy atom. The van der Waals surface area contributed by atoms with E-state index in [1.807, 2.05) is 25.1 Å². The quantitative estimate of drug-likeness (QED) is 0.890. The number of nitrogens with zero attached hydrogens (tertiary/aromatic N) is 4. The summed E-state index contributed by atoms with van der Waals surface area (Å²) in [5.41, 5.74) is 2.80. The van der Waals surface area contributed by atoms with Crippen LogP contribution in [0.2, 0.25) is 0 Å². The summed E-state index contributed by atoms with van der Waals surface area (Å²) >= 11 is 0. The van der Waals surface area contributed by atoms with Gasteiger partial charge in [-0.3, -0.25) is 0 Å². The number of rotatable bonds is 3. The average molecular weight is 293 g/mol. The molecule has 0 aliphatic carbocycles. The highest BCUT2D eigenvalue weighted by atomic mass is 32.2. The van der Waals surface area contributed by atoms with Gasteiger partial charge in [-0.1, -0.05) is 6.07 Å². The largest absolute Gasteiger partial charge is 0.381 e. The first kappa shape index (κ1) is 13.0. The van der Waals surface area contributed by atoms with Crippen LogP contribution in [0.4, 0.5) is 5.69 Å². The molecule has 8 heteroatoms. The Labute approximate surface area is 116 Å². The summed E-state index contributed by atoms with van der Waals surface area (Å²) in [7, 11) is -2.88. The number of anilines is 1. The first-order valence-electron chi connectivity index (χ1n) is 6.34. The average Bonchev–Trinajstić information content (AvgIpc) is 3.01. The van der Waals surface area contributed by atoms with Gasteiger partial charge in [-0.15, -0.1) is 5.10 Å². The molecule has 1 aliphatic rings. The first-order chi connectivity index (χ1) is 9.53. The molecule has 0 bridgehead atoms. The van der Waals surface area contributed by atoms with Crippen LogP contribution in [0.3, 0.4) is 0 Å². The van der Waals surface area contributed by atoms with E-state index in [4.69, 9.17) is 0 Å². The molecule has 3 rings (SSSR count). The van der Waals surface area contributed by atoms with E-state index >= 15 is 0 Å². The van der Waals surface area contributed by atoms with Crippen LogP contribution in [0.25, 0.3) is 5.69 Å². The molecule has 0 radical (unpaired) electrons. The Morgan fingerprint density at radius 3 is 2.90 bits per heavy atom. The van der Waals surface area contributed by atoms with Gasteiger partial charge in [-0.2, -0.15) is 0 Å². The van der Waals surface area contributed by atoms with E-state index in [0.717, 1.165) is 16.9 Å². The fourth-order valence-corrected chi connectivity index (χ4v) is 4.04. The van der Waals surface area contributed by atoms with Crippen LogP contribution in [0.1, 0.15) is 12.0 Å². The molecule has 0 spiro atoms. The first-order valence-corrected chi connectivity index (χ1v) is 8.17. The number of sulfone groups is 1. The molecule has 1 fully saturated rings. The van der Waals surface area contributed by atoms with Gasteiger partial charge in [0.2, 0.25) is 0 Å². The molecule has 1 aromatic heterocycles. The van der Waals surface area contributed by atoms with Gasteiger partial charge in [-0.05, 0) is 41.5 Å². The zero-order chi connectivity index (χ0) is 14.2. The van der Waals surface area contributed by atoms with Crippen LogP contribution in [0.5, 0.6) is 0 Å². The maximum absolute atomic E-state index is 11.5. The van der Waals surface area contributed by atoms with Crippen molar-refractivity contribution in [3.8, 4) is 5.69 Å². The second-order valence-electron chi connectivity index (χ2n) is 5.00. The minimum atomic E-state index is -2.88. The Balaban J connectivity index is 1.83. The van der Waals surface area contributed by atoms with Crippen LogP contribution in [-0.4, -0.2) is 46.2 Å². The molecule has 0 saturated carbocycles. The third kappa shape index (κ3) is 2.64. The Morgan fingerprint density at radius 2 is 2.25 bits per heavy atom.